The standard InChI is InChI=1S/C17H26N4O3/c1-12(2)17(3,11-18)19-16(22)13-6-7-14(15(10-13)21(23)24)20-8-4-5-9-20/h6-7,10,12H,4-5,8-9,11,18H2,1-3H3,(H,19,22). The van der Waals surface area contributed by atoms with E-state index in [1.165, 1.54) is 6.07 Å². The predicted molar refractivity (Wildman–Crippen MR) is 94.3 cm³/mol. The van der Waals surface area contributed by atoms with Gasteiger partial charge in [0.25, 0.3) is 11.6 Å². The summed E-state index contributed by atoms with van der Waals surface area (Å²) in [4.78, 5) is 25.5. The predicted octanol–water partition coefficient (Wildman–Crippen LogP) is 2.30. The fraction of sp³-hybridized carbons (Fsp3) is 0.588. The first-order valence-electron chi connectivity index (χ1n) is 8.34. The Morgan fingerprint density at radius 3 is 2.54 bits per heavy atom. The zero-order valence-corrected chi connectivity index (χ0v) is 14.5. The average molecular weight is 334 g/mol. The number of nitrogens with one attached hydrogen (secondary N) is 1. The topological polar surface area (TPSA) is 102 Å². The molecule has 0 radical (unpaired) electrons. The third kappa shape index (κ3) is 3.67. The molecule has 2 rings (SSSR count). The summed E-state index contributed by atoms with van der Waals surface area (Å²) in [5, 5.41) is 14.3. The first-order chi connectivity index (χ1) is 11.3. The minimum Gasteiger partial charge on any atom is -0.366 e. The lowest BCUT2D eigenvalue weighted by molar-refractivity contribution is -0.384. The first-order valence-corrected chi connectivity index (χ1v) is 8.34. The number of carbonyl (C=O) groups excluding carboxylic acids is 1. The Labute approximate surface area is 142 Å². The van der Waals surface area contributed by atoms with Crippen molar-refractivity contribution >= 4 is 17.3 Å². The Bertz CT molecular complexity index is 626. The van der Waals surface area contributed by atoms with Crippen LogP contribution in [0.3, 0.4) is 0 Å². The molecule has 0 bridgehead atoms. The van der Waals surface area contributed by atoms with Crippen molar-refractivity contribution in [2.45, 2.75) is 39.2 Å². The third-order valence-corrected chi connectivity index (χ3v) is 4.98. The molecule has 1 aromatic carbocycles. The van der Waals surface area contributed by atoms with Gasteiger partial charge in [0.15, 0.2) is 0 Å². The molecule has 0 aromatic heterocycles. The lowest BCUT2D eigenvalue weighted by atomic mass is 9.88. The molecule has 3 N–H and O–H groups in total. The van der Waals surface area contributed by atoms with Gasteiger partial charge in [-0.2, -0.15) is 0 Å². The zero-order chi connectivity index (χ0) is 17.9. The minimum absolute atomic E-state index is 0.0245. The summed E-state index contributed by atoms with van der Waals surface area (Å²) in [5.41, 5.74) is 6.07. The van der Waals surface area contributed by atoms with Crippen LogP contribution in [0.1, 0.15) is 44.0 Å². The largest absolute Gasteiger partial charge is 0.366 e. The number of anilines is 1. The van der Waals surface area contributed by atoms with Gasteiger partial charge >= 0.3 is 0 Å². The Morgan fingerprint density at radius 2 is 2.04 bits per heavy atom. The van der Waals surface area contributed by atoms with Gasteiger partial charge in [-0.25, -0.2) is 0 Å². The molecule has 7 nitrogen and oxygen atoms in total. The second-order valence-electron chi connectivity index (χ2n) is 6.89. The van der Waals surface area contributed by atoms with E-state index in [-0.39, 0.29) is 23.1 Å². The molecule has 0 saturated carbocycles. The molecule has 1 atom stereocenters. The molecule has 1 heterocycles. The van der Waals surface area contributed by atoms with Crippen LogP contribution in [-0.2, 0) is 0 Å². The highest BCUT2D eigenvalue weighted by molar-refractivity contribution is 5.96. The van der Waals surface area contributed by atoms with E-state index in [9.17, 15) is 14.9 Å². The molecule has 1 aromatic rings. The molecule has 24 heavy (non-hydrogen) atoms. The summed E-state index contributed by atoms with van der Waals surface area (Å²) in [6.07, 6.45) is 2.06. The van der Waals surface area contributed by atoms with Crippen molar-refractivity contribution in [3.05, 3.63) is 33.9 Å². The van der Waals surface area contributed by atoms with E-state index in [1.54, 1.807) is 12.1 Å². The quantitative estimate of drug-likeness (QED) is 0.614. The van der Waals surface area contributed by atoms with Crippen LogP contribution in [0.5, 0.6) is 0 Å². The van der Waals surface area contributed by atoms with Gasteiger partial charge < -0.3 is 16.0 Å². The van der Waals surface area contributed by atoms with Crippen molar-refractivity contribution in [2.24, 2.45) is 11.7 Å². The van der Waals surface area contributed by atoms with E-state index in [0.29, 0.717) is 12.2 Å². The van der Waals surface area contributed by atoms with E-state index >= 15 is 0 Å². The Balaban J connectivity index is 2.29. The molecular formula is C17H26N4O3. The number of nitrogens with two attached hydrogens (primary N) is 1. The molecule has 0 spiro atoms. The number of benzene rings is 1. The van der Waals surface area contributed by atoms with Gasteiger partial charge in [-0.1, -0.05) is 13.8 Å². The van der Waals surface area contributed by atoms with Crippen LogP contribution < -0.4 is 16.0 Å². The second-order valence-corrected chi connectivity index (χ2v) is 6.89. The average Bonchev–Trinajstić information content (AvgIpc) is 3.08. The minimum atomic E-state index is -0.556. The van der Waals surface area contributed by atoms with Crippen molar-refractivity contribution in [1.82, 2.24) is 5.32 Å². The number of hydrogen-bond donors (Lipinski definition) is 2. The van der Waals surface area contributed by atoms with Crippen molar-refractivity contribution in [2.75, 3.05) is 24.5 Å². The van der Waals surface area contributed by atoms with Crippen LogP contribution >= 0.6 is 0 Å². The van der Waals surface area contributed by atoms with Crippen LogP contribution in [0.4, 0.5) is 11.4 Å². The summed E-state index contributed by atoms with van der Waals surface area (Å²) in [6, 6.07) is 4.68. The molecule has 1 fully saturated rings. The van der Waals surface area contributed by atoms with Crippen LogP contribution in [-0.4, -0.2) is 36.0 Å². The highest BCUT2D eigenvalue weighted by Gasteiger charge is 2.30. The number of hydrogen-bond acceptors (Lipinski definition) is 5. The lowest BCUT2D eigenvalue weighted by Crippen LogP contribution is -2.55. The Morgan fingerprint density at radius 1 is 1.42 bits per heavy atom. The molecule has 1 amide bonds. The van der Waals surface area contributed by atoms with Crippen LogP contribution in [0.25, 0.3) is 0 Å². The highest BCUT2D eigenvalue weighted by Crippen LogP contribution is 2.31. The molecule has 0 aliphatic carbocycles. The fourth-order valence-corrected chi connectivity index (χ4v) is 2.80. The van der Waals surface area contributed by atoms with Crippen LogP contribution in [0.15, 0.2) is 18.2 Å². The van der Waals surface area contributed by atoms with Gasteiger partial charge in [-0.05, 0) is 37.8 Å². The summed E-state index contributed by atoms with van der Waals surface area (Å²) in [5.74, 6) is -0.196. The summed E-state index contributed by atoms with van der Waals surface area (Å²) < 4.78 is 0. The maximum absolute atomic E-state index is 12.5. The molecule has 1 aliphatic rings. The Hall–Kier alpha value is -2.15. The van der Waals surface area contributed by atoms with Gasteiger partial charge in [0, 0.05) is 31.3 Å². The summed E-state index contributed by atoms with van der Waals surface area (Å²) in [7, 11) is 0. The van der Waals surface area contributed by atoms with E-state index in [2.05, 4.69) is 5.32 Å². The molecule has 1 unspecified atom stereocenters. The number of nitrogens with zero attached hydrogens (tertiary/aromatic N) is 2. The van der Waals surface area contributed by atoms with E-state index in [0.717, 1.165) is 25.9 Å². The number of nitro benzene ring substituents is 1. The maximum atomic E-state index is 12.5. The third-order valence-electron chi connectivity index (χ3n) is 4.98. The summed E-state index contributed by atoms with van der Waals surface area (Å²) >= 11 is 0. The molecule has 7 heteroatoms. The monoisotopic (exact) mass is 334 g/mol. The normalized spacial score (nSPS) is 17.0. The van der Waals surface area contributed by atoms with Gasteiger partial charge in [-0.3, -0.25) is 14.9 Å². The number of rotatable bonds is 6. The first kappa shape index (κ1) is 18.2. The van der Waals surface area contributed by atoms with Crippen molar-refractivity contribution in [1.29, 1.82) is 0 Å². The lowest BCUT2D eigenvalue weighted by Gasteiger charge is -2.33. The van der Waals surface area contributed by atoms with Crippen molar-refractivity contribution in [3.63, 3.8) is 0 Å². The van der Waals surface area contributed by atoms with Gasteiger partial charge in [0.1, 0.15) is 5.69 Å². The Kier molecular flexibility index (Phi) is 5.43. The van der Waals surface area contributed by atoms with E-state index in [4.69, 9.17) is 5.73 Å². The molecule has 1 saturated heterocycles. The highest BCUT2D eigenvalue weighted by atomic mass is 16.6. The van der Waals surface area contributed by atoms with E-state index < -0.39 is 10.5 Å². The number of amides is 1. The second kappa shape index (κ2) is 7.17. The zero-order valence-electron chi connectivity index (χ0n) is 14.5. The summed E-state index contributed by atoms with van der Waals surface area (Å²) in [6.45, 7) is 7.75. The van der Waals surface area contributed by atoms with Gasteiger partial charge in [-0.15, -0.1) is 0 Å². The van der Waals surface area contributed by atoms with Gasteiger partial charge in [0.2, 0.25) is 0 Å². The van der Waals surface area contributed by atoms with Crippen molar-refractivity contribution in [3.8, 4) is 0 Å². The molecular weight excluding hydrogens is 308 g/mol. The molecule has 1 aliphatic heterocycles. The number of nitro groups is 1. The van der Waals surface area contributed by atoms with E-state index in [1.807, 2.05) is 25.7 Å². The van der Waals surface area contributed by atoms with Crippen LogP contribution in [0.2, 0.25) is 0 Å². The number of carbonyl (C=O) groups is 1. The smallest absolute Gasteiger partial charge is 0.293 e. The van der Waals surface area contributed by atoms with Crippen LogP contribution in [0, 0.1) is 16.0 Å². The SMILES string of the molecule is CC(C)C(C)(CN)NC(=O)c1ccc(N2CCCC2)c([N+](=O)[O-])c1. The maximum Gasteiger partial charge on any atom is 0.293 e. The van der Waals surface area contributed by atoms with Gasteiger partial charge in [0.05, 0.1) is 10.5 Å². The molecule has 132 valence electrons. The van der Waals surface area contributed by atoms with Crippen molar-refractivity contribution < 1.29 is 9.72 Å². The fourth-order valence-electron chi connectivity index (χ4n) is 2.80.